The summed E-state index contributed by atoms with van der Waals surface area (Å²) in [6.07, 6.45) is 3.43. The van der Waals surface area contributed by atoms with E-state index in [-0.39, 0.29) is 5.97 Å². The van der Waals surface area contributed by atoms with Crippen molar-refractivity contribution in [3.63, 3.8) is 0 Å². The van der Waals surface area contributed by atoms with Gasteiger partial charge in [-0.1, -0.05) is 29.8 Å². The van der Waals surface area contributed by atoms with E-state index in [1.165, 1.54) is 23.8 Å². The Bertz CT molecular complexity index is 430. The number of carbonyl (C=O) groups excluding carboxylic acids is 1. The summed E-state index contributed by atoms with van der Waals surface area (Å²) in [6, 6.07) is 6.37. The highest BCUT2D eigenvalue weighted by atomic mass is 16.5. The lowest BCUT2D eigenvalue weighted by Gasteiger charge is -2.05. The number of hydrogen-bond donors (Lipinski definition) is 0. The molecule has 0 radical (unpaired) electrons. The average Bonchev–Trinajstić information content (AvgIpc) is 2.61. The summed E-state index contributed by atoms with van der Waals surface area (Å²) in [7, 11) is 1.43. The van der Waals surface area contributed by atoms with Crippen LogP contribution in [0.1, 0.15) is 23.1 Å². The molecule has 0 N–H and O–H groups in total. The summed E-state index contributed by atoms with van der Waals surface area (Å²) in [5, 5.41) is 0. The normalized spacial score (nSPS) is 13.3. The molecule has 0 unspecified atom stereocenters. The van der Waals surface area contributed by atoms with Crippen LogP contribution in [0.15, 0.2) is 24.3 Å². The molecule has 0 saturated carbocycles. The van der Waals surface area contributed by atoms with Crippen LogP contribution < -0.4 is 0 Å². The minimum absolute atomic E-state index is 0.171. The predicted molar refractivity (Wildman–Crippen MR) is 59.5 cm³/mol. The predicted octanol–water partition coefficient (Wildman–Crippen LogP) is 2.50. The van der Waals surface area contributed by atoms with E-state index in [9.17, 15) is 4.79 Å². The third-order valence-electron chi connectivity index (χ3n) is 2.74. The van der Waals surface area contributed by atoms with Gasteiger partial charge in [0, 0.05) is 0 Å². The van der Waals surface area contributed by atoms with Crippen molar-refractivity contribution in [2.45, 2.75) is 19.8 Å². The maximum absolute atomic E-state index is 11.2. The highest BCUT2D eigenvalue weighted by Gasteiger charge is 2.16. The Hall–Kier alpha value is -1.57. The number of esters is 1. The highest BCUT2D eigenvalue weighted by molar-refractivity contribution is 5.87. The molecule has 2 nitrogen and oxygen atoms in total. The van der Waals surface area contributed by atoms with Crippen LogP contribution in [0.25, 0.3) is 5.57 Å². The molecule has 0 bridgehead atoms. The molecular formula is C13H14O2. The fraction of sp³-hybridized carbons (Fsp3) is 0.308. The van der Waals surface area contributed by atoms with Crippen LogP contribution in [0.5, 0.6) is 0 Å². The number of hydrogen-bond acceptors (Lipinski definition) is 2. The SMILES string of the molecule is COC(=O)CC1=CCc2ccc(C)cc21. The zero-order valence-electron chi connectivity index (χ0n) is 9.04. The van der Waals surface area contributed by atoms with Gasteiger partial charge in [0.05, 0.1) is 13.5 Å². The number of allylic oxidation sites excluding steroid dienone is 1. The summed E-state index contributed by atoms with van der Waals surface area (Å²) in [6.45, 7) is 2.06. The maximum atomic E-state index is 11.2. The molecule has 0 spiro atoms. The molecular weight excluding hydrogens is 188 g/mol. The fourth-order valence-corrected chi connectivity index (χ4v) is 1.91. The second-order valence-corrected chi connectivity index (χ2v) is 3.85. The van der Waals surface area contributed by atoms with E-state index in [4.69, 9.17) is 0 Å². The molecule has 1 aromatic carbocycles. The molecule has 15 heavy (non-hydrogen) atoms. The first-order chi connectivity index (χ1) is 7.20. The molecule has 1 aromatic rings. The Morgan fingerprint density at radius 2 is 2.27 bits per heavy atom. The van der Waals surface area contributed by atoms with Gasteiger partial charge >= 0.3 is 5.97 Å². The molecule has 1 aliphatic rings. The van der Waals surface area contributed by atoms with Crippen molar-refractivity contribution in [1.82, 2.24) is 0 Å². The Kier molecular flexibility index (Phi) is 2.58. The maximum Gasteiger partial charge on any atom is 0.309 e. The number of ether oxygens (including phenoxy) is 1. The number of fused-ring (bicyclic) bond motifs is 1. The zero-order valence-corrected chi connectivity index (χ0v) is 9.04. The first-order valence-corrected chi connectivity index (χ1v) is 5.06. The first-order valence-electron chi connectivity index (χ1n) is 5.06. The number of aryl methyl sites for hydroxylation is 1. The molecule has 1 aliphatic carbocycles. The number of carbonyl (C=O) groups is 1. The average molecular weight is 202 g/mol. The van der Waals surface area contributed by atoms with Gasteiger partial charge < -0.3 is 4.74 Å². The Morgan fingerprint density at radius 3 is 3.00 bits per heavy atom. The van der Waals surface area contributed by atoms with Gasteiger partial charge in [0.15, 0.2) is 0 Å². The molecule has 0 atom stereocenters. The third-order valence-corrected chi connectivity index (χ3v) is 2.74. The van der Waals surface area contributed by atoms with E-state index in [1.54, 1.807) is 0 Å². The van der Waals surface area contributed by atoms with Crippen molar-refractivity contribution in [2.24, 2.45) is 0 Å². The smallest absolute Gasteiger partial charge is 0.309 e. The van der Waals surface area contributed by atoms with Crippen LogP contribution in [0.3, 0.4) is 0 Å². The summed E-state index contributed by atoms with van der Waals surface area (Å²) in [5.41, 5.74) is 4.84. The zero-order chi connectivity index (χ0) is 10.8. The van der Waals surface area contributed by atoms with Crippen LogP contribution in [-0.2, 0) is 16.0 Å². The van der Waals surface area contributed by atoms with Crippen LogP contribution in [0.2, 0.25) is 0 Å². The number of benzene rings is 1. The molecule has 0 saturated heterocycles. The first kappa shape index (κ1) is 9.97. The number of methoxy groups -OCH3 is 1. The summed E-state index contributed by atoms with van der Waals surface area (Å²) in [4.78, 5) is 11.2. The topological polar surface area (TPSA) is 26.3 Å². The van der Waals surface area contributed by atoms with E-state index in [1.807, 2.05) is 0 Å². The van der Waals surface area contributed by atoms with Gasteiger partial charge in [-0.25, -0.2) is 0 Å². The summed E-state index contributed by atoms with van der Waals surface area (Å²) in [5.74, 6) is -0.171. The lowest BCUT2D eigenvalue weighted by Crippen LogP contribution is -2.00. The fourth-order valence-electron chi connectivity index (χ4n) is 1.91. The van der Waals surface area contributed by atoms with Gasteiger partial charge in [-0.2, -0.15) is 0 Å². The summed E-state index contributed by atoms with van der Waals surface area (Å²) < 4.78 is 4.68. The monoisotopic (exact) mass is 202 g/mol. The van der Waals surface area contributed by atoms with E-state index < -0.39 is 0 Å². The second-order valence-electron chi connectivity index (χ2n) is 3.85. The van der Waals surface area contributed by atoms with Crippen LogP contribution in [-0.4, -0.2) is 13.1 Å². The lowest BCUT2D eigenvalue weighted by atomic mass is 10.0. The Balaban J connectivity index is 2.26. The van der Waals surface area contributed by atoms with E-state index in [2.05, 4.69) is 35.9 Å². The van der Waals surface area contributed by atoms with Crippen molar-refractivity contribution < 1.29 is 9.53 Å². The van der Waals surface area contributed by atoms with Gasteiger partial charge in [0.25, 0.3) is 0 Å². The lowest BCUT2D eigenvalue weighted by molar-refractivity contribution is -0.139. The van der Waals surface area contributed by atoms with Crippen molar-refractivity contribution >= 4 is 11.5 Å². The Labute approximate surface area is 89.6 Å². The van der Waals surface area contributed by atoms with E-state index in [0.29, 0.717) is 6.42 Å². The molecule has 2 heteroatoms. The van der Waals surface area contributed by atoms with Crippen LogP contribution in [0.4, 0.5) is 0 Å². The molecule has 0 aliphatic heterocycles. The Morgan fingerprint density at radius 1 is 1.47 bits per heavy atom. The standard InChI is InChI=1S/C13H14O2/c1-9-3-4-10-5-6-11(12(10)7-9)8-13(14)15-2/h3-4,6-7H,5,8H2,1-2H3. The van der Waals surface area contributed by atoms with Gasteiger partial charge in [-0.05, 0) is 30.0 Å². The molecule has 0 heterocycles. The van der Waals surface area contributed by atoms with Gasteiger partial charge in [-0.3, -0.25) is 4.79 Å². The van der Waals surface area contributed by atoms with Crippen molar-refractivity contribution in [3.05, 3.63) is 41.0 Å². The summed E-state index contributed by atoms with van der Waals surface area (Å²) >= 11 is 0. The minimum Gasteiger partial charge on any atom is -0.469 e. The molecule has 0 amide bonds. The van der Waals surface area contributed by atoms with Crippen molar-refractivity contribution in [1.29, 1.82) is 0 Å². The van der Waals surface area contributed by atoms with Gasteiger partial charge in [0.1, 0.15) is 0 Å². The van der Waals surface area contributed by atoms with Gasteiger partial charge in [0.2, 0.25) is 0 Å². The van der Waals surface area contributed by atoms with E-state index in [0.717, 1.165) is 12.0 Å². The molecule has 0 fully saturated rings. The van der Waals surface area contributed by atoms with Crippen LogP contribution >= 0.6 is 0 Å². The molecule has 2 rings (SSSR count). The van der Waals surface area contributed by atoms with Crippen LogP contribution in [0, 0.1) is 6.92 Å². The van der Waals surface area contributed by atoms with Crippen molar-refractivity contribution in [3.8, 4) is 0 Å². The molecule has 0 aromatic heterocycles. The quantitative estimate of drug-likeness (QED) is 0.689. The van der Waals surface area contributed by atoms with Gasteiger partial charge in [-0.15, -0.1) is 0 Å². The highest BCUT2D eigenvalue weighted by Crippen LogP contribution is 2.30. The second kappa shape index (κ2) is 3.89. The number of rotatable bonds is 2. The minimum atomic E-state index is -0.171. The largest absolute Gasteiger partial charge is 0.469 e. The van der Waals surface area contributed by atoms with Crippen molar-refractivity contribution in [2.75, 3.05) is 7.11 Å². The third kappa shape index (κ3) is 1.94. The molecule has 78 valence electrons. The van der Waals surface area contributed by atoms with E-state index >= 15 is 0 Å².